The molecule has 0 spiro atoms. The van der Waals surface area contributed by atoms with Crippen molar-refractivity contribution in [1.29, 1.82) is 0 Å². The first-order chi connectivity index (χ1) is 14.7. The standard InChI is InChI=1S/C25H24N2O2S/c1-29-20-9-6-8-19(18-20)14-15-25(28)26-16-7-17-27-21-10-2-4-12-23(21)30-24-13-5-3-11-22(24)27/h2-6,8-15,18H,7,16-17H2,1H3,(H,26,28)/b15-14+. The summed E-state index contributed by atoms with van der Waals surface area (Å²) in [4.78, 5) is 17.0. The van der Waals surface area contributed by atoms with Gasteiger partial charge in [0.1, 0.15) is 5.75 Å². The summed E-state index contributed by atoms with van der Waals surface area (Å²) in [5, 5.41) is 2.98. The van der Waals surface area contributed by atoms with Crippen LogP contribution in [0.3, 0.4) is 0 Å². The predicted octanol–water partition coefficient (Wildman–Crippen LogP) is 5.52. The number of amides is 1. The molecule has 1 amide bonds. The molecule has 1 N–H and O–H groups in total. The van der Waals surface area contributed by atoms with Crippen LogP contribution in [0.2, 0.25) is 0 Å². The Balaban J connectivity index is 1.33. The molecule has 3 aromatic carbocycles. The van der Waals surface area contributed by atoms with Crippen LogP contribution in [0.5, 0.6) is 5.75 Å². The summed E-state index contributed by atoms with van der Waals surface area (Å²) in [6.07, 6.45) is 4.22. The lowest BCUT2D eigenvalue weighted by Crippen LogP contribution is -2.27. The van der Waals surface area contributed by atoms with Crippen LogP contribution in [0, 0.1) is 0 Å². The van der Waals surface area contributed by atoms with E-state index in [9.17, 15) is 4.79 Å². The molecular formula is C25H24N2O2S. The first-order valence-corrected chi connectivity index (χ1v) is 10.8. The van der Waals surface area contributed by atoms with E-state index in [1.54, 1.807) is 19.3 Å². The van der Waals surface area contributed by atoms with Crippen molar-refractivity contribution in [1.82, 2.24) is 5.32 Å². The van der Waals surface area contributed by atoms with Crippen LogP contribution >= 0.6 is 11.8 Å². The number of para-hydroxylation sites is 2. The van der Waals surface area contributed by atoms with Gasteiger partial charge in [-0.1, -0.05) is 48.2 Å². The molecule has 1 aliphatic rings. The summed E-state index contributed by atoms with van der Waals surface area (Å²) in [6.45, 7) is 1.46. The molecule has 30 heavy (non-hydrogen) atoms. The highest BCUT2D eigenvalue weighted by molar-refractivity contribution is 7.99. The van der Waals surface area contributed by atoms with E-state index in [-0.39, 0.29) is 5.91 Å². The van der Waals surface area contributed by atoms with Crippen molar-refractivity contribution in [3.63, 3.8) is 0 Å². The summed E-state index contributed by atoms with van der Waals surface area (Å²) in [6, 6.07) is 24.6. The minimum atomic E-state index is -0.0900. The molecule has 1 aliphatic heterocycles. The first kappa shape index (κ1) is 20.1. The zero-order valence-electron chi connectivity index (χ0n) is 16.9. The number of hydrogen-bond acceptors (Lipinski definition) is 4. The Hall–Kier alpha value is -3.18. The first-order valence-electron chi connectivity index (χ1n) is 9.98. The fourth-order valence-corrected chi connectivity index (χ4v) is 4.54. The number of carbonyl (C=O) groups is 1. The quantitative estimate of drug-likeness (QED) is 0.407. The van der Waals surface area contributed by atoms with Gasteiger partial charge < -0.3 is 15.0 Å². The van der Waals surface area contributed by atoms with Crippen LogP contribution in [0.1, 0.15) is 12.0 Å². The van der Waals surface area contributed by atoms with Crippen LogP contribution < -0.4 is 15.0 Å². The lowest BCUT2D eigenvalue weighted by Gasteiger charge is -2.32. The predicted molar refractivity (Wildman–Crippen MR) is 124 cm³/mol. The van der Waals surface area contributed by atoms with Crippen molar-refractivity contribution in [3.05, 3.63) is 84.4 Å². The fraction of sp³-hybridized carbons (Fsp3) is 0.160. The molecule has 0 aliphatic carbocycles. The van der Waals surface area contributed by atoms with Crippen molar-refractivity contribution in [2.75, 3.05) is 25.1 Å². The molecule has 0 saturated heterocycles. The molecule has 0 fully saturated rings. The maximum atomic E-state index is 12.2. The van der Waals surface area contributed by atoms with E-state index < -0.39 is 0 Å². The number of hydrogen-bond donors (Lipinski definition) is 1. The number of anilines is 2. The Morgan fingerprint density at radius 2 is 1.70 bits per heavy atom. The van der Waals surface area contributed by atoms with Gasteiger partial charge in [-0.2, -0.15) is 0 Å². The van der Waals surface area contributed by atoms with Crippen LogP contribution in [0.4, 0.5) is 11.4 Å². The van der Waals surface area contributed by atoms with E-state index >= 15 is 0 Å². The highest BCUT2D eigenvalue weighted by Crippen LogP contribution is 2.47. The molecule has 0 aromatic heterocycles. The van der Waals surface area contributed by atoms with Gasteiger partial charge in [-0.25, -0.2) is 0 Å². The van der Waals surface area contributed by atoms with Gasteiger partial charge in [0, 0.05) is 29.0 Å². The Morgan fingerprint density at radius 3 is 2.40 bits per heavy atom. The fourth-order valence-electron chi connectivity index (χ4n) is 3.45. The van der Waals surface area contributed by atoms with Gasteiger partial charge in [-0.3, -0.25) is 4.79 Å². The van der Waals surface area contributed by atoms with Gasteiger partial charge in [0.25, 0.3) is 0 Å². The second-order valence-corrected chi connectivity index (χ2v) is 8.03. The average Bonchev–Trinajstić information content (AvgIpc) is 2.80. The highest BCUT2D eigenvalue weighted by atomic mass is 32.2. The molecule has 4 rings (SSSR count). The summed E-state index contributed by atoms with van der Waals surface area (Å²) < 4.78 is 5.21. The van der Waals surface area contributed by atoms with Crippen molar-refractivity contribution in [2.24, 2.45) is 0 Å². The van der Waals surface area contributed by atoms with Gasteiger partial charge >= 0.3 is 0 Å². The Kier molecular flexibility index (Phi) is 6.40. The maximum Gasteiger partial charge on any atom is 0.244 e. The van der Waals surface area contributed by atoms with E-state index in [4.69, 9.17) is 4.74 Å². The molecule has 0 unspecified atom stereocenters. The van der Waals surface area contributed by atoms with Gasteiger partial charge in [-0.15, -0.1) is 0 Å². The molecule has 0 radical (unpaired) electrons. The third kappa shape index (κ3) is 4.69. The second-order valence-electron chi connectivity index (χ2n) is 6.94. The van der Waals surface area contributed by atoms with Crippen molar-refractivity contribution in [3.8, 4) is 5.75 Å². The minimum Gasteiger partial charge on any atom is -0.497 e. The number of benzene rings is 3. The molecule has 0 atom stereocenters. The SMILES string of the molecule is COc1cccc(/C=C/C(=O)NCCCN2c3ccccc3Sc3ccccc32)c1. The molecule has 0 saturated carbocycles. The van der Waals surface area contributed by atoms with E-state index in [1.807, 2.05) is 36.0 Å². The third-order valence-electron chi connectivity index (χ3n) is 4.91. The summed E-state index contributed by atoms with van der Waals surface area (Å²) in [5.41, 5.74) is 3.39. The van der Waals surface area contributed by atoms with E-state index in [0.29, 0.717) is 6.54 Å². The van der Waals surface area contributed by atoms with Crippen LogP contribution in [0.15, 0.2) is 88.7 Å². The molecule has 3 aromatic rings. The largest absolute Gasteiger partial charge is 0.497 e. The molecular weight excluding hydrogens is 392 g/mol. The second kappa shape index (κ2) is 9.55. The van der Waals surface area contributed by atoms with E-state index in [0.717, 1.165) is 24.3 Å². The molecule has 0 bridgehead atoms. The number of nitrogens with zero attached hydrogens (tertiary/aromatic N) is 1. The smallest absolute Gasteiger partial charge is 0.244 e. The van der Waals surface area contributed by atoms with Crippen molar-refractivity contribution < 1.29 is 9.53 Å². The van der Waals surface area contributed by atoms with Gasteiger partial charge in [0.15, 0.2) is 0 Å². The van der Waals surface area contributed by atoms with Crippen LogP contribution in [0.25, 0.3) is 6.08 Å². The van der Waals surface area contributed by atoms with Gasteiger partial charge in [0.2, 0.25) is 5.91 Å². The lowest BCUT2D eigenvalue weighted by atomic mass is 10.2. The van der Waals surface area contributed by atoms with Gasteiger partial charge in [-0.05, 0) is 54.5 Å². The number of methoxy groups -OCH3 is 1. The number of carbonyl (C=O) groups excluding carboxylic acids is 1. The van der Waals surface area contributed by atoms with Crippen LogP contribution in [-0.4, -0.2) is 26.1 Å². The number of rotatable bonds is 7. The number of nitrogens with one attached hydrogen (secondary N) is 1. The average molecular weight is 417 g/mol. The third-order valence-corrected chi connectivity index (χ3v) is 6.04. The number of fused-ring (bicyclic) bond motifs is 2. The monoisotopic (exact) mass is 416 g/mol. The maximum absolute atomic E-state index is 12.2. The Morgan fingerprint density at radius 1 is 1.00 bits per heavy atom. The highest BCUT2D eigenvalue weighted by Gasteiger charge is 2.22. The van der Waals surface area contributed by atoms with Crippen molar-refractivity contribution >= 4 is 35.1 Å². The molecule has 5 heteroatoms. The molecule has 1 heterocycles. The lowest BCUT2D eigenvalue weighted by molar-refractivity contribution is -0.116. The minimum absolute atomic E-state index is 0.0900. The summed E-state index contributed by atoms with van der Waals surface area (Å²) >= 11 is 1.81. The topological polar surface area (TPSA) is 41.6 Å². The summed E-state index contributed by atoms with van der Waals surface area (Å²) in [5.74, 6) is 0.686. The zero-order chi connectivity index (χ0) is 20.8. The van der Waals surface area contributed by atoms with Crippen molar-refractivity contribution in [2.45, 2.75) is 16.2 Å². The van der Waals surface area contributed by atoms with Gasteiger partial charge in [0.05, 0.1) is 18.5 Å². The van der Waals surface area contributed by atoms with E-state index in [1.165, 1.54) is 21.2 Å². The van der Waals surface area contributed by atoms with E-state index in [2.05, 4.69) is 58.7 Å². The zero-order valence-corrected chi connectivity index (χ0v) is 17.7. The number of ether oxygens (including phenoxy) is 1. The molecule has 152 valence electrons. The van der Waals surface area contributed by atoms with Crippen LogP contribution in [-0.2, 0) is 4.79 Å². The molecule has 4 nitrogen and oxygen atoms in total. The Bertz CT molecular complexity index is 1020. The summed E-state index contributed by atoms with van der Waals surface area (Å²) in [7, 11) is 1.63. The Labute approximate surface area is 181 Å². The normalized spacial score (nSPS) is 12.4.